The van der Waals surface area contributed by atoms with Crippen molar-refractivity contribution in [1.82, 2.24) is 24.8 Å². The van der Waals surface area contributed by atoms with Crippen molar-refractivity contribution in [3.8, 4) is 5.69 Å². The fraction of sp³-hybridized carbons (Fsp3) is 0.429. The molecular weight excluding hydrogens is 354 g/mol. The van der Waals surface area contributed by atoms with E-state index in [1.165, 1.54) is 6.42 Å². The van der Waals surface area contributed by atoms with Gasteiger partial charge in [-0.3, -0.25) is 4.79 Å². The van der Waals surface area contributed by atoms with Gasteiger partial charge in [-0.1, -0.05) is 11.6 Å². The standard InChI is InChI=1S/C21H25N5O2/c1-4-25(13-19-22-20(28-24-19)16-6-5-7-16)21(27)17-8-10-18(11-9-17)26-15(3)12-14(2)23-26/h8-12,16H,4-7,13H2,1-3H3. The van der Waals surface area contributed by atoms with E-state index in [4.69, 9.17) is 4.52 Å². The monoisotopic (exact) mass is 379 g/mol. The molecule has 1 saturated carbocycles. The molecular formula is C21H25N5O2. The molecule has 7 nitrogen and oxygen atoms in total. The molecule has 0 aliphatic heterocycles. The number of nitrogens with zero attached hydrogens (tertiary/aromatic N) is 5. The van der Waals surface area contributed by atoms with Crippen molar-refractivity contribution in [3.63, 3.8) is 0 Å². The normalized spacial score (nSPS) is 14.1. The van der Waals surface area contributed by atoms with E-state index < -0.39 is 0 Å². The largest absolute Gasteiger partial charge is 0.339 e. The number of carbonyl (C=O) groups is 1. The second-order valence-corrected chi connectivity index (χ2v) is 7.38. The van der Waals surface area contributed by atoms with Gasteiger partial charge in [0.1, 0.15) is 0 Å². The quantitative estimate of drug-likeness (QED) is 0.651. The molecule has 0 atom stereocenters. The molecule has 1 fully saturated rings. The van der Waals surface area contributed by atoms with Crippen LogP contribution in [0.3, 0.4) is 0 Å². The second-order valence-electron chi connectivity index (χ2n) is 7.38. The molecule has 0 radical (unpaired) electrons. The van der Waals surface area contributed by atoms with Crippen LogP contribution in [0.2, 0.25) is 0 Å². The Morgan fingerprint density at radius 2 is 2.00 bits per heavy atom. The zero-order valence-corrected chi connectivity index (χ0v) is 16.6. The third-order valence-electron chi connectivity index (χ3n) is 5.31. The van der Waals surface area contributed by atoms with E-state index in [-0.39, 0.29) is 5.91 Å². The van der Waals surface area contributed by atoms with Crippen LogP contribution in [0.25, 0.3) is 5.69 Å². The molecule has 1 aliphatic rings. The summed E-state index contributed by atoms with van der Waals surface area (Å²) in [6, 6.07) is 9.55. The van der Waals surface area contributed by atoms with Gasteiger partial charge in [0.2, 0.25) is 5.89 Å². The lowest BCUT2D eigenvalue weighted by Crippen LogP contribution is -2.30. The highest BCUT2D eigenvalue weighted by molar-refractivity contribution is 5.94. The number of hydrogen-bond acceptors (Lipinski definition) is 5. The van der Waals surface area contributed by atoms with Gasteiger partial charge in [0.15, 0.2) is 5.82 Å². The van der Waals surface area contributed by atoms with Gasteiger partial charge in [0, 0.05) is 23.7 Å². The van der Waals surface area contributed by atoms with Crippen LogP contribution >= 0.6 is 0 Å². The maximum absolute atomic E-state index is 12.9. The highest BCUT2D eigenvalue weighted by Crippen LogP contribution is 2.35. The van der Waals surface area contributed by atoms with E-state index in [0.717, 1.165) is 29.9 Å². The lowest BCUT2D eigenvalue weighted by Gasteiger charge is -2.21. The first kappa shape index (κ1) is 18.4. The lowest BCUT2D eigenvalue weighted by molar-refractivity contribution is 0.0747. The fourth-order valence-corrected chi connectivity index (χ4v) is 3.47. The van der Waals surface area contributed by atoms with Gasteiger partial charge in [-0.05, 0) is 63.9 Å². The maximum Gasteiger partial charge on any atom is 0.254 e. The summed E-state index contributed by atoms with van der Waals surface area (Å²) in [5.74, 6) is 1.63. The predicted octanol–water partition coefficient (Wildman–Crippen LogP) is 3.80. The van der Waals surface area contributed by atoms with Crippen LogP contribution in [0.15, 0.2) is 34.9 Å². The molecule has 0 spiro atoms. The minimum Gasteiger partial charge on any atom is -0.339 e. The molecule has 2 aromatic heterocycles. The van der Waals surface area contributed by atoms with Crippen LogP contribution in [0.5, 0.6) is 0 Å². The van der Waals surface area contributed by atoms with Gasteiger partial charge in [-0.15, -0.1) is 0 Å². The van der Waals surface area contributed by atoms with Crippen LogP contribution in [0.1, 0.15) is 65.6 Å². The number of carbonyl (C=O) groups excluding carboxylic acids is 1. The Morgan fingerprint density at radius 3 is 2.57 bits per heavy atom. The number of aryl methyl sites for hydroxylation is 2. The maximum atomic E-state index is 12.9. The first-order valence-electron chi connectivity index (χ1n) is 9.80. The van der Waals surface area contributed by atoms with Crippen LogP contribution < -0.4 is 0 Å². The minimum absolute atomic E-state index is 0.0441. The van der Waals surface area contributed by atoms with E-state index in [1.807, 2.05) is 55.8 Å². The molecule has 2 heterocycles. The van der Waals surface area contributed by atoms with E-state index in [9.17, 15) is 4.79 Å². The molecule has 3 aromatic rings. The van der Waals surface area contributed by atoms with E-state index in [1.54, 1.807) is 4.90 Å². The number of amides is 1. The summed E-state index contributed by atoms with van der Waals surface area (Å²) in [4.78, 5) is 19.1. The molecule has 1 aromatic carbocycles. The number of benzene rings is 1. The molecule has 1 amide bonds. The molecule has 1 aliphatic carbocycles. The fourth-order valence-electron chi connectivity index (χ4n) is 3.47. The SMILES string of the molecule is CCN(Cc1noc(C2CCC2)n1)C(=O)c1ccc(-n2nc(C)cc2C)cc1. The predicted molar refractivity (Wildman–Crippen MR) is 104 cm³/mol. The van der Waals surface area contributed by atoms with Gasteiger partial charge in [-0.2, -0.15) is 10.1 Å². The third kappa shape index (κ3) is 3.56. The van der Waals surface area contributed by atoms with Crippen LogP contribution in [0, 0.1) is 13.8 Å². The zero-order chi connectivity index (χ0) is 19.7. The van der Waals surface area contributed by atoms with Crippen molar-refractivity contribution in [2.75, 3.05) is 6.54 Å². The zero-order valence-electron chi connectivity index (χ0n) is 16.6. The van der Waals surface area contributed by atoms with Gasteiger partial charge in [0.25, 0.3) is 5.91 Å². The third-order valence-corrected chi connectivity index (χ3v) is 5.31. The number of rotatable bonds is 6. The van der Waals surface area contributed by atoms with Gasteiger partial charge in [-0.25, -0.2) is 4.68 Å². The van der Waals surface area contributed by atoms with Crippen LogP contribution in [-0.4, -0.2) is 37.3 Å². The molecule has 7 heteroatoms. The topological polar surface area (TPSA) is 77.0 Å². The van der Waals surface area contributed by atoms with Gasteiger partial charge in [0.05, 0.1) is 17.9 Å². The molecule has 0 unspecified atom stereocenters. The molecule has 0 bridgehead atoms. The van der Waals surface area contributed by atoms with Crippen molar-refractivity contribution >= 4 is 5.91 Å². The Kier molecular flexibility index (Phi) is 4.98. The summed E-state index contributed by atoms with van der Waals surface area (Å²) in [5.41, 5.74) is 3.60. The Bertz CT molecular complexity index is 969. The highest BCUT2D eigenvalue weighted by Gasteiger charge is 2.26. The average Bonchev–Trinajstić information content (AvgIpc) is 3.23. The Balaban J connectivity index is 1.47. The molecule has 4 rings (SSSR count). The minimum atomic E-state index is -0.0441. The second kappa shape index (κ2) is 7.58. The first-order chi connectivity index (χ1) is 13.5. The Labute approximate surface area is 164 Å². The summed E-state index contributed by atoms with van der Waals surface area (Å²) in [6.07, 6.45) is 3.44. The summed E-state index contributed by atoms with van der Waals surface area (Å²) < 4.78 is 7.25. The smallest absolute Gasteiger partial charge is 0.254 e. The molecule has 0 saturated heterocycles. The molecule has 146 valence electrons. The van der Waals surface area contributed by atoms with E-state index in [0.29, 0.717) is 36.3 Å². The van der Waals surface area contributed by atoms with Crippen molar-refractivity contribution in [3.05, 3.63) is 59.0 Å². The molecule has 0 N–H and O–H groups in total. The average molecular weight is 379 g/mol. The lowest BCUT2D eigenvalue weighted by atomic mass is 9.85. The van der Waals surface area contributed by atoms with Crippen LogP contribution in [-0.2, 0) is 6.54 Å². The van der Waals surface area contributed by atoms with Crippen molar-refractivity contribution in [1.29, 1.82) is 0 Å². The van der Waals surface area contributed by atoms with E-state index in [2.05, 4.69) is 15.2 Å². The first-order valence-corrected chi connectivity index (χ1v) is 9.80. The summed E-state index contributed by atoms with van der Waals surface area (Å²) in [7, 11) is 0. The van der Waals surface area contributed by atoms with Crippen molar-refractivity contribution in [2.45, 2.75) is 52.5 Å². The Hall–Kier alpha value is -2.96. The Morgan fingerprint density at radius 1 is 1.25 bits per heavy atom. The highest BCUT2D eigenvalue weighted by atomic mass is 16.5. The number of aromatic nitrogens is 4. The van der Waals surface area contributed by atoms with Crippen LogP contribution in [0.4, 0.5) is 0 Å². The molecule has 28 heavy (non-hydrogen) atoms. The summed E-state index contributed by atoms with van der Waals surface area (Å²) in [6.45, 7) is 6.86. The van der Waals surface area contributed by atoms with Crippen molar-refractivity contribution in [2.24, 2.45) is 0 Å². The number of hydrogen-bond donors (Lipinski definition) is 0. The summed E-state index contributed by atoms with van der Waals surface area (Å²) >= 11 is 0. The van der Waals surface area contributed by atoms with Gasteiger partial charge >= 0.3 is 0 Å². The van der Waals surface area contributed by atoms with Gasteiger partial charge < -0.3 is 9.42 Å². The van der Waals surface area contributed by atoms with E-state index >= 15 is 0 Å². The van der Waals surface area contributed by atoms with Crippen molar-refractivity contribution < 1.29 is 9.32 Å². The summed E-state index contributed by atoms with van der Waals surface area (Å²) in [5, 5.41) is 8.54.